The highest BCUT2D eigenvalue weighted by atomic mass is 32.2. The van der Waals surface area contributed by atoms with Crippen LogP contribution >= 0.6 is 0 Å². The zero-order valence-corrected chi connectivity index (χ0v) is 17.7. The van der Waals surface area contributed by atoms with Crippen LogP contribution in [0.1, 0.15) is 0 Å². The number of para-hydroxylation sites is 1. The van der Waals surface area contributed by atoms with Crippen molar-refractivity contribution in [1.29, 1.82) is 0 Å². The van der Waals surface area contributed by atoms with Gasteiger partial charge < -0.3 is 0 Å². The Morgan fingerprint density at radius 3 is 2.31 bits per heavy atom. The maximum atomic E-state index is 12.9. The van der Waals surface area contributed by atoms with Crippen LogP contribution in [-0.2, 0) is 10.0 Å². The number of nitrogens with zero attached hydrogens (tertiary/aromatic N) is 3. The second-order valence-corrected chi connectivity index (χ2v) is 8.89. The van der Waals surface area contributed by atoms with Gasteiger partial charge in [0.1, 0.15) is 4.90 Å². The third-order valence-electron chi connectivity index (χ3n) is 5.12. The highest BCUT2D eigenvalue weighted by Crippen LogP contribution is 2.31. The number of rotatable bonds is 5. The molecule has 0 fully saturated rings. The molecule has 0 atom stereocenters. The lowest BCUT2D eigenvalue weighted by Crippen LogP contribution is -2.13. The lowest BCUT2D eigenvalue weighted by atomic mass is 9.98. The van der Waals surface area contributed by atoms with Crippen molar-refractivity contribution in [3.05, 3.63) is 104 Å². The van der Waals surface area contributed by atoms with Gasteiger partial charge in [-0.05, 0) is 65.2 Å². The summed E-state index contributed by atoms with van der Waals surface area (Å²) in [6, 6.07) is 22.1. The molecule has 0 aliphatic carbocycles. The van der Waals surface area contributed by atoms with Crippen molar-refractivity contribution in [3.63, 3.8) is 0 Å². The van der Waals surface area contributed by atoms with Gasteiger partial charge in [-0.2, -0.15) is 0 Å². The van der Waals surface area contributed by atoms with Gasteiger partial charge in [0, 0.05) is 47.6 Å². The summed E-state index contributed by atoms with van der Waals surface area (Å²) >= 11 is 0. The van der Waals surface area contributed by atoms with E-state index in [1.54, 1.807) is 55.1 Å². The third-order valence-corrected chi connectivity index (χ3v) is 6.46. The van der Waals surface area contributed by atoms with Crippen molar-refractivity contribution in [2.75, 3.05) is 4.72 Å². The predicted molar refractivity (Wildman–Crippen MR) is 125 cm³/mol. The third kappa shape index (κ3) is 3.93. The molecular formula is C25H18N4O2S. The molecule has 0 saturated heterocycles. The van der Waals surface area contributed by atoms with Gasteiger partial charge in [-0.1, -0.05) is 24.3 Å². The SMILES string of the molecule is O=S(=O)(Nc1ccccc1)c1cncc(-c2ccc3nccc(-c4ccncc4)c3c2)c1. The lowest BCUT2D eigenvalue weighted by Gasteiger charge is -2.11. The zero-order valence-electron chi connectivity index (χ0n) is 16.9. The predicted octanol–water partition coefficient (Wildman–Crippen LogP) is 5.16. The Balaban J connectivity index is 1.56. The molecule has 0 bridgehead atoms. The average Bonchev–Trinajstić information content (AvgIpc) is 2.84. The molecule has 1 N–H and O–H groups in total. The average molecular weight is 439 g/mol. The first-order valence-corrected chi connectivity index (χ1v) is 11.4. The molecule has 0 unspecified atom stereocenters. The molecule has 156 valence electrons. The number of anilines is 1. The molecule has 6 nitrogen and oxygen atoms in total. The van der Waals surface area contributed by atoms with Gasteiger partial charge in [-0.3, -0.25) is 19.7 Å². The Bertz CT molecular complexity index is 1510. The van der Waals surface area contributed by atoms with Crippen LogP contribution in [0.25, 0.3) is 33.2 Å². The molecule has 0 radical (unpaired) electrons. The molecule has 2 aromatic carbocycles. The molecule has 0 aliphatic rings. The Hall–Kier alpha value is -4.10. The fourth-order valence-corrected chi connectivity index (χ4v) is 4.60. The van der Waals surface area contributed by atoms with Gasteiger partial charge in [0.2, 0.25) is 0 Å². The Morgan fingerprint density at radius 2 is 1.50 bits per heavy atom. The summed E-state index contributed by atoms with van der Waals surface area (Å²) in [5, 5.41) is 0.965. The minimum atomic E-state index is -3.77. The molecule has 0 aliphatic heterocycles. The molecule has 3 aromatic heterocycles. The maximum Gasteiger partial charge on any atom is 0.263 e. The monoisotopic (exact) mass is 438 g/mol. The lowest BCUT2D eigenvalue weighted by molar-refractivity contribution is 0.601. The van der Waals surface area contributed by atoms with E-state index in [9.17, 15) is 8.42 Å². The minimum absolute atomic E-state index is 0.0968. The molecule has 32 heavy (non-hydrogen) atoms. The van der Waals surface area contributed by atoms with Gasteiger partial charge >= 0.3 is 0 Å². The second kappa shape index (κ2) is 8.20. The van der Waals surface area contributed by atoms with Crippen molar-refractivity contribution in [3.8, 4) is 22.3 Å². The number of hydrogen-bond donors (Lipinski definition) is 1. The minimum Gasteiger partial charge on any atom is -0.280 e. The molecule has 0 amide bonds. The molecule has 0 saturated carbocycles. The highest BCUT2D eigenvalue weighted by Gasteiger charge is 2.16. The van der Waals surface area contributed by atoms with Crippen LogP contribution in [0, 0.1) is 0 Å². The first-order chi connectivity index (χ1) is 15.6. The van der Waals surface area contributed by atoms with E-state index in [0.29, 0.717) is 11.3 Å². The number of pyridine rings is 3. The van der Waals surface area contributed by atoms with Crippen molar-refractivity contribution in [2.24, 2.45) is 0 Å². The summed E-state index contributed by atoms with van der Waals surface area (Å²) < 4.78 is 28.3. The van der Waals surface area contributed by atoms with Crippen LogP contribution in [0.5, 0.6) is 0 Å². The Morgan fingerprint density at radius 1 is 0.688 bits per heavy atom. The van der Waals surface area contributed by atoms with E-state index < -0.39 is 10.0 Å². The molecule has 5 rings (SSSR count). The first-order valence-electron chi connectivity index (χ1n) is 9.93. The van der Waals surface area contributed by atoms with Crippen molar-refractivity contribution in [2.45, 2.75) is 4.90 Å². The summed E-state index contributed by atoms with van der Waals surface area (Å²) in [4.78, 5) is 12.8. The molecule has 0 spiro atoms. The summed E-state index contributed by atoms with van der Waals surface area (Å²) in [6.45, 7) is 0. The quantitative estimate of drug-likeness (QED) is 0.410. The van der Waals surface area contributed by atoms with Gasteiger partial charge in [-0.25, -0.2) is 8.42 Å². The molecule has 3 heterocycles. The van der Waals surface area contributed by atoms with Crippen LogP contribution < -0.4 is 4.72 Å². The fourth-order valence-electron chi connectivity index (χ4n) is 3.55. The van der Waals surface area contributed by atoms with Gasteiger partial charge in [0.25, 0.3) is 10.0 Å². The van der Waals surface area contributed by atoms with E-state index in [1.165, 1.54) is 6.20 Å². The summed E-state index contributed by atoms with van der Waals surface area (Å²) in [6.07, 6.45) is 8.29. The fraction of sp³-hybridized carbons (Fsp3) is 0. The Kier molecular flexibility index (Phi) is 5.09. The van der Waals surface area contributed by atoms with Crippen LogP contribution in [0.15, 0.2) is 109 Å². The molecule has 7 heteroatoms. The summed E-state index contributed by atoms with van der Waals surface area (Å²) in [7, 11) is -3.77. The Labute approximate surface area is 185 Å². The van der Waals surface area contributed by atoms with Crippen molar-refractivity contribution < 1.29 is 8.42 Å². The number of nitrogens with one attached hydrogen (secondary N) is 1. The number of benzene rings is 2. The van der Waals surface area contributed by atoms with Crippen LogP contribution in [0.2, 0.25) is 0 Å². The summed E-state index contributed by atoms with van der Waals surface area (Å²) in [5.74, 6) is 0. The first kappa shape index (κ1) is 19.8. The summed E-state index contributed by atoms with van der Waals surface area (Å²) in [5.41, 5.74) is 4.97. The molecule has 5 aromatic rings. The number of aromatic nitrogens is 3. The van der Waals surface area contributed by atoms with Gasteiger partial charge in [-0.15, -0.1) is 0 Å². The zero-order chi connectivity index (χ0) is 22.0. The van der Waals surface area contributed by atoms with Gasteiger partial charge in [0.05, 0.1) is 5.52 Å². The number of sulfonamides is 1. The molecular weight excluding hydrogens is 420 g/mol. The van der Waals surface area contributed by atoms with Crippen molar-refractivity contribution in [1.82, 2.24) is 15.0 Å². The topological polar surface area (TPSA) is 84.8 Å². The number of hydrogen-bond acceptors (Lipinski definition) is 5. The largest absolute Gasteiger partial charge is 0.280 e. The van der Waals surface area contributed by atoms with Crippen LogP contribution in [0.3, 0.4) is 0 Å². The normalized spacial score (nSPS) is 11.4. The standard InChI is InChI=1S/C25H18N4O2S/c30-32(31,29-21-4-2-1-3-5-21)22-14-20(16-27-17-22)19-6-7-25-24(15-19)23(10-13-28-25)18-8-11-26-12-9-18/h1-17,29H. The smallest absolute Gasteiger partial charge is 0.263 e. The van der Waals surface area contributed by atoms with E-state index >= 15 is 0 Å². The van der Waals surface area contributed by atoms with Crippen LogP contribution in [-0.4, -0.2) is 23.4 Å². The van der Waals surface area contributed by atoms with Crippen molar-refractivity contribution >= 4 is 26.6 Å². The van der Waals surface area contributed by atoms with E-state index in [2.05, 4.69) is 19.7 Å². The van der Waals surface area contributed by atoms with E-state index in [4.69, 9.17) is 0 Å². The number of fused-ring (bicyclic) bond motifs is 1. The van der Waals surface area contributed by atoms with E-state index in [1.807, 2.05) is 42.5 Å². The maximum absolute atomic E-state index is 12.9. The van der Waals surface area contributed by atoms with E-state index in [-0.39, 0.29) is 4.90 Å². The second-order valence-electron chi connectivity index (χ2n) is 7.21. The van der Waals surface area contributed by atoms with E-state index in [0.717, 1.165) is 27.6 Å². The van der Waals surface area contributed by atoms with Crippen LogP contribution in [0.4, 0.5) is 5.69 Å². The van der Waals surface area contributed by atoms with Gasteiger partial charge in [0.15, 0.2) is 0 Å². The highest BCUT2D eigenvalue weighted by molar-refractivity contribution is 7.92.